The summed E-state index contributed by atoms with van der Waals surface area (Å²) in [4.78, 5) is 42.2. The monoisotopic (exact) mass is 340 g/mol. The molecule has 4 N–H and O–H groups in total. The van der Waals surface area contributed by atoms with Crippen LogP contribution in [0.5, 0.6) is 0 Å². The van der Waals surface area contributed by atoms with Crippen molar-refractivity contribution in [3.05, 3.63) is 0 Å². The molecule has 0 bridgehead atoms. The molecule has 0 heterocycles. The van der Waals surface area contributed by atoms with Gasteiger partial charge in [0.2, 0.25) is 0 Å². The van der Waals surface area contributed by atoms with Gasteiger partial charge in [0.15, 0.2) is 0 Å². The van der Waals surface area contributed by atoms with Crippen molar-refractivity contribution >= 4 is 83.0 Å². The Labute approximate surface area is 173 Å². The number of carboxylic acids is 4. The molecule has 0 radical (unpaired) electrons. The summed E-state index contributed by atoms with van der Waals surface area (Å²) in [6, 6.07) is 0. The zero-order valence-electron chi connectivity index (χ0n) is 12.4. The van der Waals surface area contributed by atoms with Crippen molar-refractivity contribution in [2.45, 2.75) is 18.4 Å². The summed E-state index contributed by atoms with van der Waals surface area (Å²) in [6.45, 7) is -1.64. The Kier molecular flexibility index (Phi) is 16.1. The van der Waals surface area contributed by atoms with Crippen LogP contribution in [-0.4, -0.2) is 118 Å². The average molecular weight is 340 g/mol. The Bertz CT molecular complexity index is 398. The molecule has 0 aromatic rings. The van der Waals surface area contributed by atoms with Gasteiger partial charge in [-0.1, -0.05) is 0 Å². The zero-order chi connectivity index (χ0) is 15.8. The number of carboxylic acid groups (broad SMARTS) is 4. The molecule has 0 aliphatic heterocycles. The van der Waals surface area contributed by atoms with Gasteiger partial charge >= 0.3 is 73.9 Å². The zero-order valence-corrected chi connectivity index (χ0v) is 10.4. The number of hydrogen-bond donors (Lipinski definition) is 4. The van der Waals surface area contributed by atoms with Crippen LogP contribution in [0, 0.1) is 0 Å². The van der Waals surface area contributed by atoms with E-state index in [0.717, 1.165) is 0 Å². The Morgan fingerprint density at radius 3 is 1.64 bits per heavy atom. The molecule has 0 unspecified atom stereocenters. The van der Waals surface area contributed by atoms with Crippen molar-refractivity contribution in [2.24, 2.45) is 0 Å². The predicted octanol–water partition coefficient (Wildman–Crippen LogP) is -5.72. The molecule has 0 aromatic carbocycles. The van der Waals surface area contributed by atoms with E-state index in [0.29, 0.717) is 0 Å². The Balaban J connectivity index is -0.000000301. The molecule has 0 fully saturated rings. The molecule has 0 saturated carbocycles. The summed E-state index contributed by atoms with van der Waals surface area (Å²) in [5.74, 6) is -5.79. The minimum absolute atomic E-state index is 0. The molecular weight excluding hydrogens is 322 g/mol. The van der Waals surface area contributed by atoms with Gasteiger partial charge in [-0.15, -0.1) is 0 Å². The van der Waals surface area contributed by atoms with Gasteiger partial charge in [0.1, 0.15) is 0 Å². The van der Waals surface area contributed by atoms with E-state index >= 15 is 0 Å². The van der Waals surface area contributed by atoms with E-state index in [9.17, 15) is 29.4 Å². The Morgan fingerprint density at radius 2 is 1.32 bits per heavy atom. The molecule has 0 amide bonds. The summed E-state index contributed by atoms with van der Waals surface area (Å²) in [5, 5.41) is 43.0. The van der Waals surface area contributed by atoms with Crippen molar-refractivity contribution in [1.82, 2.24) is 10.6 Å². The quantitative estimate of drug-likeness (QED) is 0.265. The van der Waals surface area contributed by atoms with Crippen LogP contribution in [0.15, 0.2) is 0 Å². The third kappa shape index (κ3) is 13.5. The van der Waals surface area contributed by atoms with Crippen LogP contribution in [0.2, 0.25) is 0 Å². The number of rotatable bonds is 11. The molecule has 0 rings (SSSR count). The molecule has 0 aliphatic carbocycles. The molecule has 10 nitrogen and oxygen atoms in total. The fourth-order valence-corrected chi connectivity index (χ4v) is 1.60. The van der Waals surface area contributed by atoms with Gasteiger partial charge in [-0.2, -0.15) is 0 Å². The summed E-state index contributed by atoms with van der Waals surface area (Å²) >= 11 is 0. The number of hydrogen-bond acceptors (Lipinski definition) is 8. The van der Waals surface area contributed by atoms with Crippen LogP contribution < -0.4 is 20.8 Å². The van der Waals surface area contributed by atoms with E-state index in [1.54, 1.807) is 0 Å². The van der Waals surface area contributed by atoms with Gasteiger partial charge in [0.25, 0.3) is 0 Å². The molecule has 0 aromatic heterocycles. The summed E-state index contributed by atoms with van der Waals surface area (Å²) in [7, 11) is 0. The van der Waals surface area contributed by atoms with Crippen LogP contribution in [0.4, 0.5) is 0 Å². The molecule has 0 aliphatic rings. The first kappa shape index (κ1) is 26.7. The van der Waals surface area contributed by atoms with E-state index in [4.69, 9.17) is 10.2 Å². The summed E-state index contributed by atoms with van der Waals surface area (Å²) in [5.41, 5.74) is -1.72. The van der Waals surface area contributed by atoms with Crippen LogP contribution >= 0.6 is 0 Å². The van der Waals surface area contributed by atoms with Crippen LogP contribution in [0.3, 0.4) is 0 Å². The molecule has 12 heteroatoms. The van der Waals surface area contributed by atoms with Gasteiger partial charge in [0, 0.05) is 36.9 Å². The number of nitrogens with one attached hydrogen (secondary N) is 2. The minimum atomic E-state index is -1.72. The fourth-order valence-electron chi connectivity index (χ4n) is 1.60. The Hall–Kier alpha value is -0.200. The molecular formula is C10H18N2Na2O8. The number of aliphatic carboxylic acids is 4. The second-order valence-corrected chi connectivity index (χ2v) is 4.12. The van der Waals surface area contributed by atoms with Crippen molar-refractivity contribution in [2.75, 3.05) is 19.6 Å². The number of carbonyl (C=O) groups excluding carboxylic acids is 2. The van der Waals surface area contributed by atoms with Crippen molar-refractivity contribution in [1.29, 1.82) is 0 Å². The second-order valence-electron chi connectivity index (χ2n) is 4.12. The summed E-state index contributed by atoms with van der Waals surface area (Å²) < 4.78 is 0. The van der Waals surface area contributed by atoms with E-state index in [2.05, 4.69) is 10.6 Å². The third-order valence-corrected chi connectivity index (χ3v) is 2.32. The van der Waals surface area contributed by atoms with Gasteiger partial charge in [-0.25, -0.2) is 0 Å². The molecule has 0 spiro atoms. The van der Waals surface area contributed by atoms with Crippen molar-refractivity contribution in [3.8, 4) is 0 Å². The maximum absolute atomic E-state index is 10.7. The van der Waals surface area contributed by atoms with Crippen molar-refractivity contribution in [3.63, 3.8) is 0 Å². The van der Waals surface area contributed by atoms with Gasteiger partial charge in [-0.3, -0.25) is 14.9 Å². The second kappa shape index (κ2) is 13.3. The Morgan fingerprint density at radius 1 is 0.909 bits per heavy atom. The SMILES string of the molecule is O=C([O-])CC(CNCC(=O)O)(CC(=O)[O-])NCC(=O)O.[H+].[H+].[NaH].[NaH]. The number of carbonyl (C=O) groups is 4. The fraction of sp³-hybridized carbons (Fsp3) is 0.600. The van der Waals surface area contributed by atoms with Crippen LogP contribution in [0.1, 0.15) is 15.7 Å². The van der Waals surface area contributed by atoms with Crippen LogP contribution in [0.25, 0.3) is 0 Å². The van der Waals surface area contributed by atoms with Crippen molar-refractivity contribution < 1.29 is 42.5 Å². The first-order valence-corrected chi connectivity index (χ1v) is 5.46. The van der Waals surface area contributed by atoms with Gasteiger partial charge in [-0.05, 0) is 0 Å². The first-order chi connectivity index (χ1) is 9.17. The van der Waals surface area contributed by atoms with E-state index in [1.165, 1.54) is 0 Å². The molecule has 0 atom stereocenters. The first-order valence-electron chi connectivity index (χ1n) is 5.46. The summed E-state index contributed by atoms with van der Waals surface area (Å²) in [6.07, 6.45) is -1.64. The molecule has 22 heavy (non-hydrogen) atoms. The third-order valence-electron chi connectivity index (χ3n) is 2.32. The van der Waals surface area contributed by atoms with Gasteiger partial charge in [0.05, 0.1) is 13.1 Å². The maximum atomic E-state index is 10.7. The topological polar surface area (TPSA) is 179 Å². The standard InChI is InChI=1S/C10H16N2O8.2Na.2H/c13-6(14)1-10(2-7(15)16,12-4-9(19)20)5-11-3-8(17)18;;;;/h11-12H,1-5H2,(H,13,14)(H,15,16)(H,17,18)(H,19,20);;;;. The normalized spacial score (nSPS) is 10.0. The van der Waals surface area contributed by atoms with E-state index in [1.807, 2.05) is 0 Å². The van der Waals surface area contributed by atoms with Gasteiger partial charge < -0.3 is 35.3 Å². The van der Waals surface area contributed by atoms with E-state index < -0.39 is 61.9 Å². The van der Waals surface area contributed by atoms with E-state index in [-0.39, 0.29) is 62.0 Å². The predicted molar refractivity (Wildman–Crippen MR) is 74.6 cm³/mol. The average Bonchev–Trinajstić information content (AvgIpc) is 2.24. The molecule has 118 valence electrons. The van der Waals surface area contributed by atoms with Crippen LogP contribution in [-0.2, 0) is 19.2 Å². The molecule has 0 saturated heterocycles.